The van der Waals surface area contributed by atoms with Gasteiger partial charge in [0.15, 0.2) is 0 Å². The summed E-state index contributed by atoms with van der Waals surface area (Å²) in [5, 5.41) is 8.00. The Morgan fingerprint density at radius 3 is 3.08 bits per heavy atom. The van der Waals surface area contributed by atoms with Crippen molar-refractivity contribution in [2.45, 2.75) is 31.9 Å². The average molecular weight is 384 g/mol. The third kappa shape index (κ3) is 5.36. The van der Waals surface area contributed by atoms with Gasteiger partial charge >= 0.3 is 0 Å². The number of ether oxygens (including phenoxy) is 2. The number of nitrogens with zero attached hydrogens (tertiary/aromatic N) is 2. The van der Waals surface area contributed by atoms with Crippen molar-refractivity contribution in [3.8, 4) is 5.75 Å². The fourth-order valence-corrected chi connectivity index (χ4v) is 3.06. The number of carbonyl (C=O) groups excluding carboxylic acids is 1. The second-order valence-corrected chi connectivity index (χ2v) is 6.65. The Labute approximate surface area is 156 Å². The van der Waals surface area contributed by atoms with E-state index in [2.05, 4.69) is 10.4 Å². The molecule has 1 aromatic heterocycles. The van der Waals surface area contributed by atoms with Crippen molar-refractivity contribution >= 4 is 34.8 Å². The molecule has 1 aliphatic rings. The van der Waals surface area contributed by atoms with Gasteiger partial charge in [-0.25, -0.2) is 0 Å². The van der Waals surface area contributed by atoms with Gasteiger partial charge in [0.2, 0.25) is 5.91 Å². The maximum atomic E-state index is 12.0. The van der Waals surface area contributed by atoms with Crippen LogP contribution in [0, 0.1) is 0 Å². The number of hydrogen-bond donors (Lipinski definition) is 1. The van der Waals surface area contributed by atoms with Crippen molar-refractivity contribution in [3.63, 3.8) is 0 Å². The maximum absolute atomic E-state index is 12.0. The number of rotatable bonds is 7. The molecule has 0 saturated carbocycles. The van der Waals surface area contributed by atoms with E-state index in [4.69, 9.17) is 32.7 Å². The molecule has 25 heavy (non-hydrogen) atoms. The summed E-state index contributed by atoms with van der Waals surface area (Å²) in [6, 6.07) is 4.96. The molecule has 0 radical (unpaired) electrons. The highest BCUT2D eigenvalue weighted by atomic mass is 35.5. The van der Waals surface area contributed by atoms with E-state index in [1.807, 2.05) is 0 Å². The molecule has 2 heterocycles. The zero-order valence-electron chi connectivity index (χ0n) is 13.6. The third-order valence-electron chi connectivity index (χ3n) is 3.81. The number of halogens is 2. The molecule has 1 aliphatic heterocycles. The van der Waals surface area contributed by atoms with Gasteiger partial charge in [0.05, 0.1) is 42.6 Å². The van der Waals surface area contributed by atoms with E-state index in [9.17, 15) is 4.79 Å². The summed E-state index contributed by atoms with van der Waals surface area (Å²) in [4.78, 5) is 12.0. The first kappa shape index (κ1) is 18.0. The Morgan fingerprint density at radius 1 is 1.44 bits per heavy atom. The number of carbonyl (C=O) groups is 1. The summed E-state index contributed by atoms with van der Waals surface area (Å²) in [6.45, 7) is 1.73. The Bertz CT molecular complexity index is 730. The number of aromatic nitrogens is 2. The van der Waals surface area contributed by atoms with Crippen molar-refractivity contribution in [1.29, 1.82) is 0 Å². The second-order valence-electron chi connectivity index (χ2n) is 5.81. The van der Waals surface area contributed by atoms with E-state index >= 15 is 0 Å². The maximum Gasteiger partial charge on any atom is 0.227 e. The van der Waals surface area contributed by atoms with Crippen LogP contribution in [0.4, 0.5) is 5.69 Å². The number of nitrogens with one attached hydrogen (secondary N) is 1. The van der Waals surface area contributed by atoms with Crippen molar-refractivity contribution in [2.24, 2.45) is 0 Å². The molecule has 0 bridgehead atoms. The van der Waals surface area contributed by atoms with E-state index in [0.29, 0.717) is 28.0 Å². The normalized spacial score (nSPS) is 16.8. The molecule has 1 N–H and O–H groups in total. The Hall–Kier alpha value is -1.76. The largest absolute Gasteiger partial charge is 0.491 e. The van der Waals surface area contributed by atoms with Gasteiger partial charge < -0.3 is 14.8 Å². The van der Waals surface area contributed by atoms with Crippen molar-refractivity contribution in [1.82, 2.24) is 9.78 Å². The highest BCUT2D eigenvalue weighted by Crippen LogP contribution is 2.27. The van der Waals surface area contributed by atoms with Crippen molar-refractivity contribution < 1.29 is 14.3 Å². The number of amides is 1. The monoisotopic (exact) mass is 383 g/mol. The molecule has 1 unspecified atom stereocenters. The van der Waals surface area contributed by atoms with Crippen LogP contribution < -0.4 is 10.1 Å². The van der Waals surface area contributed by atoms with Gasteiger partial charge in [-0.3, -0.25) is 9.48 Å². The van der Waals surface area contributed by atoms with E-state index in [0.717, 1.165) is 19.4 Å². The first-order valence-corrected chi connectivity index (χ1v) is 8.87. The Morgan fingerprint density at radius 2 is 2.32 bits per heavy atom. The SMILES string of the molecule is O=C(CCOc1ccc(Cl)cc1Cl)Nc1cnn(CC2CCCO2)c1. The Balaban J connectivity index is 1.42. The van der Waals surface area contributed by atoms with Gasteiger partial charge in [0.1, 0.15) is 5.75 Å². The summed E-state index contributed by atoms with van der Waals surface area (Å²) >= 11 is 11.8. The third-order valence-corrected chi connectivity index (χ3v) is 4.34. The van der Waals surface area contributed by atoms with Crippen LogP contribution in [-0.2, 0) is 16.1 Å². The predicted octanol–water partition coefficient (Wildman–Crippen LogP) is 3.78. The average Bonchev–Trinajstić information content (AvgIpc) is 3.22. The lowest BCUT2D eigenvalue weighted by Gasteiger charge is -2.09. The van der Waals surface area contributed by atoms with Gasteiger partial charge in [-0.2, -0.15) is 5.10 Å². The minimum Gasteiger partial charge on any atom is -0.491 e. The molecular formula is C17H19Cl2N3O3. The Kier molecular flexibility index (Phi) is 6.18. The highest BCUT2D eigenvalue weighted by Gasteiger charge is 2.16. The first-order chi connectivity index (χ1) is 12.1. The number of benzene rings is 1. The second kappa shape index (κ2) is 8.56. The van der Waals surface area contributed by atoms with Crippen molar-refractivity contribution in [3.05, 3.63) is 40.6 Å². The van der Waals surface area contributed by atoms with Crippen LogP contribution in [0.25, 0.3) is 0 Å². The fraction of sp³-hybridized carbons (Fsp3) is 0.412. The zero-order chi connectivity index (χ0) is 17.6. The molecule has 6 nitrogen and oxygen atoms in total. The molecule has 1 aromatic carbocycles. The lowest BCUT2D eigenvalue weighted by Crippen LogP contribution is -2.16. The minimum atomic E-state index is -0.151. The molecule has 0 aliphatic carbocycles. The molecule has 3 rings (SSSR count). The van der Waals surface area contributed by atoms with Crippen LogP contribution in [0.3, 0.4) is 0 Å². The molecular weight excluding hydrogens is 365 g/mol. The van der Waals surface area contributed by atoms with Crippen molar-refractivity contribution in [2.75, 3.05) is 18.5 Å². The first-order valence-electron chi connectivity index (χ1n) is 8.12. The van der Waals surface area contributed by atoms with Gasteiger partial charge in [-0.05, 0) is 31.0 Å². The van der Waals surface area contributed by atoms with Gasteiger partial charge in [0.25, 0.3) is 0 Å². The standard InChI is InChI=1S/C17H19Cl2N3O3/c18-12-3-4-16(15(19)8-12)25-7-5-17(23)21-13-9-20-22(10-13)11-14-2-1-6-24-14/h3-4,8-10,14H,1-2,5-7,11H2,(H,21,23). The summed E-state index contributed by atoms with van der Waals surface area (Å²) < 4.78 is 12.9. The van der Waals surface area contributed by atoms with Gasteiger partial charge in [-0.1, -0.05) is 23.2 Å². The lowest BCUT2D eigenvalue weighted by atomic mass is 10.2. The number of hydrogen-bond acceptors (Lipinski definition) is 4. The predicted molar refractivity (Wildman–Crippen MR) is 96.4 cm³/mol. The topological polar surface area (TPSA) is 65.4 Å². The fourth-order valence-electron chi connectivity index (χ4n) is 2.59. The molecule has 1 fully saturated rings. The van der Waals surface area contributed by atoms with E-state index in [1.165, 1.54) is 0 Å². The van der Waals surface area contributed by atoms with Crippen LogP contribution in [0.15, 0.2) is 30.6 Å². The summed E-state index contributed by atoms with van der Waals surface area (Å²) in [5.41, 5.74) is 0.660. The molecule has 1 amide bonds. The quantitative estimate of drug-likeness (QED) is 0.789. The zero-order valence-corrected chi connectivity index (χ0v) is 15.1. The molecule has 1 saturated heterocycles. The minimum absolute atomic E-state index is 0.151. The summed E-state index contributed by atoms with van der Waals surface area (Å²) in [6.07, 6.45) is 5.98. The van der Waals surface area contributed by atoms with Crippen LogP contribution in [0.2, 0.25) is 10.0 Å². The van der Waals surface area contributed by atoms with Crippen LogP contribution in [-0.4, -0.2) is 35.0 Å². The molecule has 2 aromatic rings. The molecule has 8 heteroatoms. The van der Waals surface area contributed by atoms with Gasteiger partial charge in [0, 0.05) is 17.8 Å². The van der Waals surface area contributed by atoms with E-state index in [-0.39, 0.29) is 25.0 Å². The summed E-state index contributed by atoms with van der Waals surface area (Å²) in [5.74, 6) is 0.352. The molecule has 0 spiro atoms. The summed E-state index contributed by atoms with van der Waals surface area (Å²) in [7, 11) is 0. The van der Waals surface area contributed by atoms with E-state index < -0.39 is 0 Å². The van der Waals surface area contributed by atoms with E-state index in [1.54, 1.807) is 35.3 Å². The van der Waals surface area contributed by atoms with Crippen LogP contribution in [0.5, 0.6) is 5.75 Å². The molecule has 1 atom stereocenters. The number of anilines is 1. The van der Waals surface area contributed by atoms with Crippen LogP contribution >= 0.6 is 23.2 Å². The van der Waals surface area contributed by atoms with Gasteiger partial charge in [-0.15, -0.1) is 0 Å². The molecule has 134 valence electrons. The highest BCUT2D eigenvalue weighted by molar-refractivity contribution is 6.35. The van der Waals surface area contributed by atoms with Crippen LogP contribution in [0.1, 0.15) is 19.3 Å². The lowest BCUT2D eigenvalue weighted by molar-refractivity contribution is -0.116. The smallest absolute Gasteiger partial charge is 0.227 e.